The fourth-order valence-electron chi connectivity index (χ4n) is 0.987. The van der Waals surface area contributed by atoms with Crippen molar-refractivity contribution in [2.75, 3.05) is 0 Å². The van der Waals surface area contributed by atoms with Gasteiger partial charge in [0.1, 0.15) is 0 Å². The van der Waals surface area contributed by atoms with Gasteiger partial charge in [-0.15, -0.1) is 0 Å². The lowest BCUT2D eigenvalue weighted by Crippen LogP contribution is -1.94. The maximum Gasteiger partial charge on any atom is 0.657 e. The second-order valence-corrected chi connectivity index (χ2v) is 3.70. The molecule has 0 amide bonds. The van der Waals surface area contributed by atoms with Crippen LogP contribution in [0.1, 0.15) is 25.7 Å². The highest BCUT2D eigenvalue weighted by atomic mass is 16.6. The average Bonchev–Trinajstić information content (AvgIpc) is 2.99. The molecule has 0 aromatic carbocycles. The van der Waals surface area contributed by atoms with Crippen LogP contribution in [0.15, 0.2) is 24.7 Å². The lowest BCUT2D eigenvalue weighted by atomic mass is 10.4. The molecule has 2 rings (SSSR count). The SMILES string of the molecule is [B](OC=CC1CC1)OC=CC1CC1. The van der Waals surface area contributed by atoms with E-state index >= 15 is 0 Å². The van der Waals surface area contributed by atoms with Crippen LogP contribution in [-0.2, 0) is 9.31 Å². The highest BCUT2D eigenvalue weighted by molar-refractivity contribution is 6.18. The van der Waals surface area contributed by atoms with Gasteiger partial charge in [0.05, 0.1) is 12.5 Å². The zero-order valence-corrected chi connectivity index (χ0v) is 7.69. The van der Waals surface area contributed by atoms with Crippen molar-refractivity contribution < 1.29 is 9.31 Å². The van der Waals surface area contributed by atoms with Crippen LogP contribution in [0.5, 0.6) is 0 Å². The highest BCUT2D eigenvalue weighted by Crippen LogP contribution is 2.30. The molecule has 0 atom stereocenters. The summed E-state index contributed by atoms with van der Waals surface area (Å²) < 4.78 is 10.0. The molecular formula is C10H14BO2. The monoisotopic (exact) mass is 177 g/mol. The summed E-state index contributed by atoms with van der Waals surface area (Å²) in [6.07, 6.45) is 12.8. The molecule has 0 saturated heterocycles. The van der Waals surface area contributed by atoms with Gasteiger partial charge in [-0.1, -0.05) is 0 Å². The first-order chi connectivity index (χ1) is 6.45. The summed E-state index contributed by atoms with van der Waals surface area (Å²) in [4.78, 5) is 0. The zero-order chi connectivity index (χ0) is 8.93. The van der Waals surface area contributed by atoms with E-state index in [0.717, 1.165) is 11.8 Å². The zero-order valence-electron chi connectivity index (χ0n) is 7.69. The molecule has 2 nitrogen and oxygen atoms in total. The van der Waals surface area contributed by atoms with Crippen molar-refractivity contribution in [1.82, 2.24) is 0 Å². The average molecular weight is 177 g/mol. The Kier molecular flexibility index (Phi) is 2.96. The molecule has 0 aromatic rings. The van der Waals surface area contributed by atoms with Crippen molar-refractivity contribution in [3.63, 3.8) is 0 Å². The summed E-state index contributed by atoms with van der Waals surface area (Å²) in [6.45, 7) is 0. The van der Waals surface area contributed by atoms with E-state index in [2.05, 4.69) is 12.2 Å². The molecule has 2 aliphatic rings. The van der Waals surface area contributed by atoms with Crippen molar-refractivity contribution in [3.05, 3.63) is 24.7 Å². The maximum atomic E-state index is 5.01. The van der Waals surface area contributed by atoms with Crippen molar-refractivity contribution in [3.8, 4) is 0 Å². The first-order valence-electron chi connectivity index (χ1n) is 4.91. The Morgan fingerprint density at radius 1 is 0.846 bits per heavy atom. The van der Waals surface area contributed by atoms with Crippen LogP contribution in [0.4, 0.5) is 0 Å². The summed E-state index contributed by atoms with van der Waals surface area (Å²) in [5, 5.41) is 0. The van der Waals surface area contributed by atoms with E-state index in [0.29, 0.717) is 0 Å². The van der Waals surface area contributed by atoms with E-state index in [1.165, 1.54) is 33.4 Å². The molecule has 0 aliphatic heterocycles. The summed E-state index contributed by atoms with van der Waals surface area (Å²) in [5.41, 5.74) is 0. The minimum atomic E-state index is 0.760. The molecule has 69 valence electrons. The Labute approximate surface area is 79.9 Å². The Hall–Kier alpha value is -0.855. The molecule has 13 heavy (non-hydrogen) atoms. The van der Waals surface area contributed by atoms with E-state index in [9.17, 15) is 0 Å². The normalized spacial score (nSPS) is 22.5. The molecular weight excluding hydrogens is 163 g/mol. The molecule has 0 heterocycles. The number of rotatable bonds is 6. The van der Waals surface area contributed by atoms with Gasteiger partial charge >= 0.3 is 7.69 Å². The number of hydrogen-bond acceptors (Lipinski definition) is 2. The third-order valence-electron chi connectivity index (χ3n) is 2.21. The van der Waals surface area contributed by atoms with E-state index in [-0.39, 0.29) is 0 Å². The van der Waals surface area contributed by atoms with Gasteiger partial charge in [-0.25, -0.2) is 0 Å². The molecule has 1 radical (unpaired) electrons. The quantitative estimate of drug-likeness (QED) is 0.352. The minimum Gasteiger partial charge on any atom is -0.533 e. The Morgan fingerprint density at radius 2 is 1.31 bits per heavy atom. The molecule has 2 aliphatic carbocycles. The first-order valence-corrected chi connectivity index (χ1v) is 4.91. The Bertz CT molecular complexity index is 183. The van der Waals surface area contributed by atoms with Crippen LogP contribution in [0.3, 0.4) is 0 Å². The number of hydrogen-bond donors (Lipinski definition) is 0. The third kappa shape index (κ3) is 4.06. The number of allylic oxidation sites excluding steroid dienone is 2. The molecule has 0 N–H and O–H groups in total. The van der Waals surface area contributed by atoms with Crippen LogP contribution in [-0.4, -0.2) is 7.69 Å². The van der Waals surface area contributed by atoms with Gasteiger partial charge in [0, 0.05) is 0 Å². The predicted octanol–water partition coefficient (Wildman–Crippen LogP) is 2.40. The van der Waals surface area contributed by atoms with Gasteiger partial charge < -0.3 is 9.31 Å². The predicted molar refractivity (Wildman–Crippen MR) is 51.7 cm³/mol. The third-order valence-corrected chi connectivity index (χ3v) is 2.21. The van der Waals surface area contributed by atoms with E-state index in [4.69, 9.17) is 9.31 Å². The lowest BCUT2D eigenvalue weighted by Gasteiger charge is -1.95. The largest absolute Gasteiger partial charge is 0.657 e. The van der Waals surface area contributed by atoms with Crippen LogP contribution >= 0.6 is 0 Å². The van der Waals surface area contributed by atoms with E-state index in [1.807, 2.05) is 0 Å². The first kappa shape index (κ1) is 8.73. The fraction of sp³-hybridized carbons (Fsp3) is 0.600. The summed E-state index contributed by atoms with van der Waals surface area (Å²) in [6, 6.07) is 0. The smallest absolute Gasteiger partial charge is 0.533 e. The van der Waals surface area contributed by atoms with Crippen LogP contribution < -0.4 is 0 Å². The van der Waals surface area contributed by atoms with Gasteiger partial charge in [-0.05, 0) is 49.7 Å². The molecule has 3 heteroatoms. The summed E-state index contributed by atoms with van der Waals surface area (Å²) in [5.74, 6) is 1.52. The van der Waals surface area contributed by atoms with E-state index < -0.39 is 0 Å². The van der Waals surface area contributed by atoms with Gasteiger partial charge in [0.15, 0.2) is 0 Å². The topological polar surface area (TPSA) is 18.5 Å². The minimum absolute atomic E-state index is 0.760. The van der Waals surface area contributed by atoms with Gasteiger partial charge in [0.2, 0.25) is 0 Å². The lowest BCUT2D eigenvalue weighted by molar-refractivity contribution is 0.373. The standard InChI is InChI=1S/C10H14BO2/c1-2-9(1)5-7-12-11-13-8-6-10-3-4-10/h5-10H,1-4H2. The van der Waals surface area contributed by atoms with Crippen LogP contribution in [0, 0.1) is 11.8 Å². The van der Waals surface area contributed by atoms with Crippen molar-refractivity contribution >= 4 is 7.69 Å². The molecule has 0 unspecified atom stereocenters. The fourth-order valence-corrected chi connectivity index (χ4v) is 0.987. The van der Waals surface area contributed by atoms with Gasteiger partial charge in [-0.3, -0.25) is 0 Å². The van der Waals surface area contributed by atoms with Crippen molar-refractivity contribution in [2.45, 2.75) is 25.7 Å². The second kappa shape index (κ2) is 4.40. The van der Waals surface area contributed by atoms with E-state index in [1.54, 1.807) is 12.5 Å². The second-order valence-electron chi connectivity index (χ2n) is 3.70. The Morgan fingerprint density at radius 3 is 1.69 bits per heavy atom. The van der Waals surface area contributed by atoms with Gasteiger partial charge in [0.25, 0.3) is 0 Å². The maximum absolute atomic E-state index is 5.01. The van der Waals surface area contributed by atoms with Crippen molar-refractivity contribution in [2.24, 2.45) is 11.8 Å². The molecule has 0 bridgehead atoms. The molecule has 0 aromatic heterocycles. The Balaban J connectivity index is 1.43. The molecule has 2 saturated carbocycles. The van der Waals surface area contributed by atoms with Gasteiger partial charge in [-0.2, -0.15) is 0 Å². The summed E-state index contributed by atoms with van der Waals surface area (Å²) in [7, 11) is 1.36. The highest BCUT2D eigenvalue weighted by Gasteiger charge is 2.17. The molecule has 0 spiro atoms. The summed E-state index contributed by atoms with van der Waals surface area (Å²) >= 11 is 0. The van der Waals surface area contributed by atoms with Crippen LogP contribution in [0.25, 0.3) is 0 Å². The van der Waals surface area contributed by atoms with Crippen LogP contribution in [0.2, 0.25) is 0 Å². The molecule has 2 fully saturated rings. The van der Waals surface area contributed by atoms with Crippen molar-refractivity contribution in [1.29, 1.82) is 0 Å².